The van der Waals surface area contributed by atoms with Crippen LogP contribution in [0.3, 0.4) is 0 Å². The number of allylic oxidation sites excluding steroid dienone is 1. The van der Waals surface area contributed by atoms with Crippen molar-refractivity contribution in [1.29, 1.82) is 0 Å². The van der Waals surface area contributed by atoms with E-state index in [1.54, 1.807) is 12.1 Å². The second-order valence-electron chi connectivity index (χ2n) is 8.98. The van der Waals surface area contributed by atoms with E-state index in [9.17, 15) is 4.79 Å². The third-order valence-electron chi connectivity index (χ3n) is 4.79. The van der Waals surface area contributed by atoms with Gasteiger partial charge in [0.25, 0.3) is 0 Å². The molecule has 0 amide bonds. The van der Waals surface area contributed by atoms with E-state index >= 15 is 0 Å². The van der Waals surface area contributed by atoms with Crippen LogP contribution >= 0.6 is 0 Å². The Morgan fingerprint density at radius 3 is 2.39 bits per heavy atom. The van der Waals surface area contributed by atoms with Gasteiger partial charge in [-0.3, -0.25) is 0 Å². The number of benzene rings is 2. The maximum absolute atomic E-state index is 12.3. The van der Waals surface area contributed by atoms with Gasteiger partial charge >= 0.3 is 5.97 Å². The van der Waals surface area contributed by atoms with Gasteiger partial charge in [-0.2, -0.15) is 0 Å². The van der Waals surface area contributed by atoms with Crippen LogP contribution in [0, 0.1) is 12.3 Å². The third-order valence-corrected chi connectivity index (χ3v) is 4.79. The fourth-order valence-electron chi connectivity index (χ4n) is 3.16. The zero-order valence-corrected chi connectivity index (χ0v) is 19.7. The molecule has 1 aromatic heterocycles. The molecule has 3 aromatic rings. The molecule has 0 aliphatic carbocycles. The summed E-state index contributed by atoms with van der Waals surface area (Å²) in [5, 5.41) is 3.37. The Hall–Kier alpha value is -3.51. The highest BCUT2D eigenvalue weighted by atomic mass is 16.7. The van der Waals surface area contributed by atoms with Gasteiger partial charge in [-0.05, 0) is 43.0 Å². The first-order valence-electron chi connectivity index (χ1n) is 10.9. The molecule has 0 spiro atoms. The molecule has 0 aliphatic heterocycles. The van der Waals surface area contributed by atoms with Crippen LogP contribution in [0.4, 0.5) is 11.5 Å². The lowest BCUT2D eigenvalue weighted by atomic mass is 9.99. The van der Waals surface area contributed by atoms with E-state index in [1.165, 1.54) is 0 Å². The van der Waals surface area contributed by atoms with E-state index in [4.69, 9.17) is 14.5 Å². The van der Waals surface area contributed by atoms with Gasteiger partial charge in [0.15, 0.2) is 12.6 Å². The maximum Gasteiger partial charge on any atom is 0.340 e. The highest BCUT2D eigenvalue weighted by Crippen LogP contribution is 2.26. The minimum absolute atomic E-state index is 0.0178. The summed E-state index contributed by atoms with van der Waals surface area (Å²) in [6.45, 7) is 12.4. The molecule has 6 nitrogen and oxygen atoms in total. The lowest BCUT2D eigenvalue weighted by Crippen LogP contribution is -2.17. The predicted molar refractivity (Wildman–Crippen MR) is 132 cm³/mol. The SMILES string of the molecule is C=CCc1c(C)nc(-c2ccccc2)nc1Nc1ccc(C(=O)OCOCC(C)(C)C)cc1. The number of carbonyl (C=O) groups is 1. The van der Waals surface area contributed by atoms with Gasteiger partial charge in [0.2, 0.25) is 0 Å². The fraction of sp³-hybridized carbons (Fsp3) is 0.296. The molecular weight excluding hydrogens is 414 g/mol. The first kappa shape index (κ1) is 24.1. The van der Waals surface area contributed by atoms with Gasteiger partial charge in [0.05, 0.1) is 12.2 Å². The van der Waals surface area contributed by atoms with E-state index in [0.717, 1.165) is 22.5 Å². The predicted octanol–water partition coefficient (Wildman–Crippen LogP) is 6.10. The molecule has 0 unspecified atom stereocenters. The van der Waals surface area contributed by atoms with Gasteiger partial charge in [0.1, 0.15) is 5.82 Å². The van der Waals surface area contributed by atoms with Gasteiger partial charge in [0, 0.05) is 22.5 Å². The second-order valence-corrected chi connectivity index (χ2v) is 8.98. The number of carbonyl (C=O) groups excluding carboxylic acids is 1. The maximum atomic E-state index is 12.3. The number of ether oxygens (including phenoxy) is 2. The van der Waals surface area contributed by atoms with E-state index in [-0.39, 0.29) is 12.2 Å². The van der Waals surface area contributed by atoms with Crippen molar-refractivity contribution in [1.82, 2.24) is 9.97 Å². The highest BCUT2D eigenvalue weighted by molar-refractivity contribution is 5.89. The van der Waals surface area contributed by atoms with Crippen LogP contribution < -0.4 is 5.32 Å². The fourth-order valence-corrected chi connectivity index (χ4v) is 3.16. The minimum atomic E-state index is -0.424. The van der Waals surface area contributed by atoms with Crippen molar-refractivity contribution in [2.75, 3.05) is 18.7 Å². The lowest BCUT2D eigenvalue weighted by molar-refractivity contribution is -0.0510. The number of anilines is 2. The standard InChI is InChI=1S/C27H31N3O3/c1-6-10-23-19(2)28-24(20-11-8-7-9-12-20)30-25(23)29-22-15-13-21(14-16-22)26(31)33-18-32-17-27(3,4)5/h6-9,11-16H,1,10,17-18H2,2-5H3,(H,28,29,30). The first-order valence-corrected chi connectivity index (χ1v) is 10.9. The summed E-state index contributed by atoms with van der Waals surface area (Å²) in [4.78, 5) is 21.7. The number of hydrogen-bond donors (Lipinski definition) is 1. The Morgan fingerprint density at radius 2 is 1.76 bits per heavy atom. The number of esters is 1. The normalized spacial score (nSPS) is 11.2. The highest BCUT2D eigenvalue weighted by Gasteiger charge is 2.14. The van der Waals surface area contributed by atoms with Crippen molar-refractivity contribution in [3.8, 4) is 11.4 Å². The molecule has 1 heterocycles. The molecule has 1 N–H and O–H groups in total. The summed E-state index contributed by atoms with van der Waals surface area (Å²) in [7, 11) is 0. The molecule has 0 atom stereocenters. The van der Waals surface area contributed by atoms with Crippen LogP contribution in [0.5, 0.6) is 0 Å². The number of nitrogens with zero attached hydrogens (tertiary/aromatic N) is 2. The summed E-state index contributed by atoms with van der Waals surface area (Å²) in [6, 6.07) is 16.9. The number of rotatable bonds is 9. The number of aromatic nitrogens is 2. The summed E-state index contributed by atoms with van der Waals surface area (Å²) in [6.07, 6.45) is 2.47. The Kier molecular flexibility index (Phi) is 7.96. The smallest absolute Gasteiger partial charge is 0.340 e. The van der Waals surface area contributed by atoms with Gasteiger partial charge in [-0.15, -0.1) is 6.58 Å². The van der Waals surface area contributed by atoms with Crippen molar-refractivity contribution in [2.45, 2.75) is 34.1 Å². The largest absolute Gasteiger partial charge is 0.435 e. The molecule has 33 heavy (non-hydrogen) atoms. The topological polar surface area (TPSA) is 73.3 Å². The van der Waals surface area contributed by atoms with Crippen molar-refractivity contribution >= 4 is 17.5 Å². The Labute approximate surface area is 195 Å². The lowest BCUT2D eigenvalue weighted by Gasteiger charge is -2.17. The van der Waals surface area contributed by atoms with E-state index in [1.807, 2.05) is 55.5 Å². The zero-order chi connectivity index (χ0) is 23.8. The van der Waals surface area contributed by atoms with E-state index in [0.29, 0.717) is 30.2 Å². The molecule has 6 heteroatoms. The van der Waals surface area contributed by atoms with Crippen LogP contribution in [0.25, 0.3) is 11.4 Å². The molecule has 0 aliphatic rings. The molecule has 2 aromatic carbocycles. The molecule has 0 fully saturated rings. The number of hydrogen-bond acceptors (Lipinski definition) is 6. The van der Waals surface area contributed by atoms with Crippen LogP contribution in [0.2, 0.25) is 0 Å². The quantitative estimate of drug-likeness (QED) is 0.186. The molecule has 0 bridgehead atoms. The minimum Gasteiger partial charge on any atom is -0.435 e. The van der Waals surface area contributed by atoms with Crippen molar-refractivity contribution in [3.63, 3.8) is 0 Å². The zero-order valence-electron chi connectivity index (χ0n) is 19.7. The van der Waals surface area contributed by atoms with E-state index in [2.05, 4.69) is 37.7 Å². The molecule has 3 rings (SSSR count). The van der Waals surface area contributed by atoms with Crippen molar-refractivity contribution in [3.05, 3.63) is 84.1 Å². The van der Waals surface area contributed by atoms with E-state index < -0.39 is 5.97 Å². The van der Waals surface area contributed by atoms with Gasteiger partial charge in [-0.1, -0.05) is 57.2 Å². The van der Waals surface area contributed by atoms with Crippen LogP contribution in [-0.4, -0.2) is 29.3 Å². The molecular formula is C27H31N3O3. The van der Waals surface area contributed by atoms with Crippen LogP contribution in [0.1, 0.15) is 42.4 Å². The van der Waals surface area contributed by atoms with Crippen LogP contribution in [0.15, 0.2) is 67.3 Å². The Balaban J connectivity index is 1.74. The molecule has 0 saturated heterocycles. The number of aryl methyl sites for hydroxylation is 1. The average molecular weight is 446 g/mol. The van der Waals surface area contributed by atoms with Crippen molar-refractivity contribution < 1.29 is 14.3 Å². The third kappa shape index (κ3) is 6.99. The van der Waals surface area contributed by atoms with Gasteiger partial charge in [-0.25, -0.2) is 14.8 Å². The second kappa shape index (κ2) is 10.9. The molecule has 0 saturated carbocycles. The molecule has 172 valence electrons. The summed E-state index contributed by atoms with van der Waals surface area (Å²) in [5.74, 6) is 0.943. The summed E-state index contributed by atoms with van der Waals surface area (Å²) in [5.41, 5.74) is 4.09. The van der Waals surface area contributed by atoms with Crippen LogP contribution in [-0.2, 0) is 15.9 Å². The number of nitrogens with one attached hydrogen (secondary N) is 1. The van der Waals surface area contributed by atoms with Crippen molar-refractivity contribution in [2.24, 2.45) is 5.41 Å². The monoisotopic (exact) mass is 445 g/mol. The summed E-state index contributed by atoms with van der Waals surface area (Å²) >= 11 is 0. The first-order chi connectivity index (χ1) is 15.8. The Morgan fingerprint density at radius 1 is 1.06 bits per heavy atom. The van der Waals surface area contributed by atoms with Gasteiger partial charge < -0.3 is 14.8 Å². The average Bonchev–Trinajstić information content (AvgIpc) is 2.79. The Bertz CT molecular complexity index is 1090. The summed E-state index contributed by atoms with van der Waals surface area (Å²) < 4.78 is 10.6. The molecule has 0 radical (unpaired) electrons.